The summed E-state index contributed by atoms with van der Waals surface area (Å²) < 4.78 is 21.7. The standard InChI is InChI=1S/C25H30Cl2FN3O3/c1-14-11-15(2)29-23(32)18(14)13-31-8-5-16-19(26)12-17(21(27)20(16)24(31)33)22(34-4)25(28)6-9-30(3)10-7-25/h11-12,22H,5-10,13H2,1-4H3,(H,29,32). The van der Waals surface area contributed by atoms with E-state index in [4.69, 9.17) is 27.9 Å². The summed E-state index contributed by atoms with van der Waals surface area (Å²) in [4.78, 5) is 32.6. The topological polar surface area (TPSA) is 65.6 Å². The van der Waals surface area contributed by atoms with Crippen LogP contribution in [-0.2, 0) is 17.7 Å². The average molecular weight is 510 g/mol. The van der Waals surface area contributed by atoms with Crippen LogP contribution in [0.3, 0.4) is 0 Å². The molecule has 0 saturated carbocycles. The fourth-order valence-corrected chi connectivity index (χ4v) is 5.79. The lowest BCUT2D eigenvalue weighted by atomic mass is 9.82. The molecule has 1 amide bonds. The summed E-state index contributed by atoms with van der Waals surface area (Å²) in [6.45, 7) is 5.44. The Kier molecular flexibility index (Phi) is 7.11. The second-order valence-corrected chi connectivity index (χ2v) is 10.3. The minimum Gasteiger partial charge on any atom is -0.373 e. The van der Waals surface area contributed by atoms with Crippen LogP contribution in [0.2, 0.25) is 10.0 Å². The van der Waals surface area contributed by atoms with Gasteiger partial charge in [-0.3, -0.25) is 9.59 Å². The first kappa shape index (κ1) is 25.2. The first-order valence-electron chi connectivity index (χ1n) is 11.5. The van der Waals surface area contributed by atoms with Crippen LogP contribution in [0.25, 0.3) is 0 Å². The van der Waals surface area contributed by atoms with E-state index in [0.717, 1.165) is 11.3 Å². The number of H-pyrrole nitrogens is 1. The first-order chi connectivity index (χ1) is 16.1. The van der Waals surface area contributed by atoms with Crippen LogP contribution in [0.5, 0.6) is 0 Å². The molecule has 1 atom stereocenters. The van der Waals surface area contributed by atoms with Gasteiger partial charge in [-0.15, -0.1) is 0 Å². The summed E-state index contributed by atoms with van der Waals surface area (Å²) in [5.74, 6) is -0.319. The number of aromatic nitrogens is 1. The second-order valence-electron chi connectivity index (χ2n) is 9.49. The zero-order valence-corrected chi connectivity index (χ0v) is 21.4. The number of methoxy groups -OCH3 is 1. The van der Waals surface area contributed by atoms with Gasteiger partial charge in [-0.2, -0.15) is 0 Å². The first-order valence-corrected chi connectivity index (χ1v) is 12.2. The van der Waals surface area contributed by atoms with Gasteiger partial charge in [-0.1, -0.05) is 23.2 Å². The van der Waals surface area contributed by atoms with Gasteiger partial charge < -0.3 is 19.5 Å². The number of ether oxygens (including phenoxy) is 1. The molecule has 9 heteroatoms. The monoisotopic (exact) mass is 509 g/mol. The van der Waals surface area contributed by atoms with Gasteiger partial charge in [0, 0.05) is 48.6 Å². The highest BCUT2D eigenvalue weighted by atomic mass is 35.5. The normalized spacial score (nSPS) is 19.3. The third kappa shape index (κ3) is 4.51. The largest absolute Gasteiger partial charge is 0.373 e. The molecule has 184 valence electrons. The number of carbonyl (C=O) groups excluding carboxylic acids is 1. The Morgan fingerprint density at radius 1 is 1.18 bits per heavy atom. The van der Waals surface area contributed by atoms with E-state index < -0.39 is 11.8 Å². The van der Waals surface area contributed by atoms with Crippen LogP contribution in [0.15, 0.2) is 16.9 Å². The summed E-state index contributed by atoms with van der Waals surface area (Å²) >= 11 is 13.4. The van der Waals surface area contributed by atoms with Crippen LogP contribution in [0.4, 0.5) is 4.39 Å². The van der Waals surface area contributed by atoms with Crippen LogP contribution in [0.1, 0.15) is 57.3 Å². The van der Waals surface area contributed by atoms with Crippen molar-refractivity contribution in [2.45, 2.75) is 51.4 Å². The highest BCUT2D eigenvalue weighted by Gasteiger charge is 2.45. The van der Waals surface area contributed by atoms with Crippen molar-refractivity contribution in [3.8, 4) is 0 Å². The van der Waals surface area contributed by atoms with Gasteiger partial charge in [0.25, 0.3) is 11.5 Å². The number of carbonyl (C=O) groups is 1. The molecular formula is C25H30Cl2FN3O3. The maximum Gasteiger partial charge on any atom is 0.256 e. The second kappa shape index (κ2) is 9.61. The molecule has 1 saturated heterocycles. The Labute approximate surface area is 209 Å². The number of likely N-dealkylation sites (tertiary alicyclic amines) is 1. The Morgan fingerprint density at radius 2 is 1.85 bits per heavy atom. The molecule has 0 spiro atoms. The number of fused-ring (bicyclic) bond motifs is 1. The fourth-order valence-electron chi connectivity index (χ4n) is 5.14. The molecule has 0 bridgehead atoms. The molecule has 34 heavy (non-hydrogen) atoms. The van der Waals surface area contributed by atoms with E-state index in [2.05, 4.69) is 9.88 Å². The maximum atomic E-state index is 16.0. The summed E-state index contributed by atoms with van der Waals surface area (Å²) in [5, 5.41) is 0.553. The highest BCUT2D eigenvalue weighted by Crippen LogP contribution is 2.46. The average Bonchev–Trinajstić information content (AvgIpc) is 2.77. The lowest BCUT2D eigenvalue weighted by Crippen LogP contribution is -2.44. The van der Waals surface area contributed by atoms with Gasteiger partial charge in [0.05, 0.1) is 17.1 Å². The van der Waals surface area contributed by atoms with Gasteiger partial charge in [-0.05, 0) is 63.4 Å². The number of benzene rings is 1. The number of aromatic amines is 1. The molecule has 1 unspecified atom stereocenters. The zero-order valence-electron chi connectivity index (χ0n) is 19.9. The number of nitrogens with zero attached hydrogens (tertiary/aromatic N) is 2. The van der Waals surface area contributed by atoms with Crippen LogP contribution in [-0.4, -0.2) is 60.2 Å². The Bertz CT molecular complexity index is 1170. The summed E-state index contributed by atoms with van der Waals surface area (Å²) in [6, 6.07) is 3.53. The summed E-state index contributed by atoms with van der Waals surface area (Å²) in [7, 11) is 3.41. The number of pyridine rings is 1. The van der Waals surface area contributed by atoms with E-state index in [-0.39, 0.29) is 28.6 Å². The minimum atomic E-state index is -1.62. The van der Waals surface area contributed by atoms with Crippen molar-refractivity contribution in [1.82, 2.24) is 14.8 Å². The van der Waals surface area contributed by atoms with Crippen molar-refractivity contribution < 1.29 is 13.9 Å². The molecular weight excluding hydrogens is 480 g/mol. The van der Waals surface area contributed by atoms with Gasteiger partial charge in [0.2, 0.25) is 0 Å². The predicted octanol–water partition coefficient (Wildman–Crippen LogP) is 4.62. The van der Waals surface area contributed by atoms with Crippen molar-refractivity contribution in [3.05, 3.63) is 66.0 Å². The fraction of sp³-hybridized carbons (Fsp3) is 0.520. The van der Waals surface area contributed by atoms with Gasteiger partial charge in [0.15, 0.2) is 0 Å². The van der Waals surface area contributed by atoms with E-state index in [0.29, 0.717) is 60.6 Å². The Balaban J connectivity index is 1.71. The van der Waals surface area contributed by atoms with Crippen molar-refractivity contribution in [1.29, 1.82) is 0 Å². The van der Waals surface area contributed by atoms with E-state index in [1.165, 1.54) is 7.11 Å². The summed E-state index contributed by atoms with van der Waals surface area (Å²) in [6.07, 6.45) is 0.138. The van der Waals surface area contributed by atoms with Crippen LogP contribution < -0.4 is 5.56 Å². The summed E-state index contributed by atoms with van der Waals surface area (Å²) in [5.41, 5.74) is 1.60. The molecule has 1 N–H and O–H groups in total. The molecule has 0 radical (unpaired) electrons. The molecule has 0 aliphatic carbocycles. The number of aryl methyl sites for hydroxylation is 2. The van der Waals surface area contributed by atoms with Gasteiger partial charge in [0.1, 0.15) is 11.8 Å². The Hall–Kier alpha value is -1.93. The third-order valence-electron chi connectivity index (χ3n) is 7.13. The van der Waals surface area contributed by atoms with Crippen LogP contribution >= 0.6 is 23.2 Å². The lowest BCUT2D eigenvalue weighted by Gasteiger charge is -2.40. The van der Waals surface area contributed by atoms with E-state index in [9.17, 15) is 9.59 Å². The molecule has 2 aromatic rings. The molecule has 2 aliphatic heterocycles. The lowest BCUT2D eigenvalue weighted by molar-refractivity contribution is -0.0705. The number of nitrogens with one attached hydrogen (secondary N) is 1. The minimum absolute atomic E-state index is 0.158. The quantitative estimate of drug-likeness (QED) is 0.638. The van der Waals surface area contributed by atoms with Crippen molar-refractivity contribution in [2.75, 3.05) is 33.8 Å². The van der Waals surface area contributed by atoms with Crippen molar-refractivity contribution in [2.24, 2.45) is 0 Å². The van der Waals surface area contributed by atoms with Crippen LogP contribution in [0, 0.1) is 13.8 Å². The molecule has 1 aromatic heterocycles. The number of amides is 1. The number of hydrogen-bond acceptors (Lipinski definition) is 4. The maximum absolute atomic E-state index is 16.0. The molecule has 3 heterocycles. The number of hydrogen-bond donors (Lipinski definition) is 1. The number of halogens is 3. The van der Waals surface area contributed by atoms with E-state index in [1.807, 2.05) is 27.0 Å². The molecule has 6 nitrogen and oxygen atoms in total. The Morgan fingerprint density at radius 3 is 2.47 bits per heavy atom. The highest BCUT2D eigenvalue weighted by molar-refractivity contribution is 6.37. The van der Waals surface area contributed by atoms with Gasteiger partial charge >= 0.3 is 0 Å². The van der Waals surface area contributed by atoms with Crippen molar-refractivity contribution in [3.63, 3.8) is 0 Å². The zero-order chi connectivity index (χ0) is 24.8. The van der Waals surface area contributed by atoms with Crippen molar-refractivity contribution >= 4 is 29.1 Å². The molecule has 2 aliphatic rings. The number of alkyl halides is 1. The van der Waals surface area contributed by atoms with E-state index in [1.54, 1.807) is 11.0 Å². The number of rotatable bonds is 5. The SMILES string of the molecule is COC(c1cc(Cl)c2c(c1Cl)C(=O)N(Cc1c(C)cc(C)[nH]c1=O)CC2)C1(F)CCN(C)CC1. The molecule has 4 rings (SSSR count). The molecule has 1 aromatic carbocycles. The van der Waals surface area contributed by atoms with E-state index >= 15 is 4.39 Å². The number of piperidine rings is 1. The third-order valence-corrected chi connectivity index (χ3v) is 7.87. The smallest absolute Gasteiger partial charge is 0.256 e. The predicted molar refractivity (Wildman–Crippen MR) is 132 cm³/mol. The molecule has 1 fully saturated rings. The van der Waals surface area contributed by atoms with Gasteiger partial charge in [-0.25, -0.2) is 4.39 Å².